The van der Waals surface area contributed by atoms with E-state index >= 15 is 0 Å². The molecule has 0 unspecified atom stereocenters. The molecule has 0 saturated heterocycles. The quantitative estimate of drug-likeness (QED) is 0.463. The van der Waals surface area contributed by atoms with Crippen LogP contribution in [0.25, 0.3) is 0 Å². The van der Waals surface area contributed by atoms with E-state index in [-0.39, 0.29) is 0 Å². The number of hydrogen-bond acceptors (Lipinski definition) is 1. The van der Waals surface area contributed by atoms with Crippen molar-refractivity contribution in [3.63, 3.8) is 0 Å². The summed E-state index contributed by atoms with van der Waals surface area (Å²) in [5.74, 6) is 0. The van der Waals surface area contributed by atoms with Crippen molar-refractivity contribution >= 4 is 6.21 Å². The summed E-state index contributed by atoms with van der Waals surface area (Å²) in [5, 5.41) is 0. The van der Waals surface area contributed by atoms with Gasteiger partial charge in [0.1, 0.15) is 0 Å². The monoisotopic (exact) mass is 119 g/mol. The zero-order chi connectivity index (χ0) is 6.27. The van der Waals surface area contributed by atoms with Crippen molar-refractivity contribution in [2.45, 2.75) is 19.8 Å². The first kappa shape index (κ1) is 4.98. The molecule has 0 aromatic rings. The summed E-state index contributed by atoms with van der Waals surface area (Å²) in [6.45, 7) is 2.15. The molecule has 0 saturated carbocycles. The summed E-state index contributed by atoms with van der Waals surface area (Å²) < 4.78 is 0. The van der Waals surface area contributed by atoms with Gasteiger partial charge in [-0.2, -0.15) is 0 Å². The highest BCUT2D eigenvalue weighted by molar-refractivity contribution is 5.75. The molecule has 2 rings (SSSR count). The first-order valence-electron chi connectivity index (χ1n) is 3.27. The number of nitrogens with zero attached hydrogens (tertiary/aromatic N) is 1. The maximum atomic E-state index is 4.23. The molecule has 0 radical (unpaired) electrons. The Morgan fingerprint density at radius 3 is 3.22 bits per heavy atom. The zero-order valence-electron chi connectivity index (χ0n) is 5.52. The highest BCUT2D eigenvalue weighted by Crippen LogP contribution is 2.37. The van der Waals surface area contributed by atoms with Gasteiger partial charge in [0.2, 0.25) is 0 Å². The van der Waals surface area contributed by atoms with E-state index < -0.39 is 0 Å². The lowest BCUT2D eigenvalue weighted by Gasteiger charge is -1.89. The predicted molar refractivity (Wildman–Crippen MR) is 38.5 cm³/mol. The van der Waals surface area contributed by atoms with Gasteiger partial charge in [-0.1, -0.05) is 5.57 Å². The molecular weight excluding hydrogens is 110 g/mol. The van der Waals surface area contributed by atoms with Crippen molar-refractivity contribution in [2.24, 2.45) is 4.99 Å². The highest BCUT2D eigenvalue weighted by atomic mass is 14.8. The van der Waals surface area contributed by atoms with E-state index in [4.69, 9.17) is 0 Å². The summed E-state index contributed by atoms with van der Waals surface area (Å²) in [4.78, 5) is 4.23. The lowest BCUT2D eigenvalue weighted by Crippen LogP contribution is -1.74. The van der Waals surface area contributed by atoms with Crippen molar-refractivity contribution in [2.75, 3.05) is 0 Å². The minimum Gasteiger partial charge on any atom is -0.261 e. The summed E-state index contributed by atoms with van der Waals surface area (Å²) >= 11 is 0. The molecule has 2 aliphatic rings. The van der Waals surface area contributed by atoms with E-state index in [1.807, 2.05) is 6.21 Å². The lowest BCUT2D eigenvalue weighted by atomic mass is 10.2. The van der Waals surface area contributed by atoms with E-state index in [0.717, 1.165) is 6.42 Å². The van der Waals surface area contributed by atoms with Gasteiger partial charge in [-0.3, -0.25) is 4.99 Å². The summed E-state index contributed by atoms with van der Waals surface area (Å²) in [5.41, 5.74) is 4.29. The second-order valence-electron chi connectivity index (χ2n) is 2.69. The number of allylic oxidation sites excluding steroid dienone is 4. The average Bonchev–Trinajstić information content (AvgIpc) is 2.43. The number of rotatable bonds is 0. The average molecular weight is 119 g/mol. The second kappa shape index (κ2) is 1.56. The molecule has 46 valence electrons. The van der Waals surface area contributed by atoms with Crippen LogP contribution in [0.15, 0.2) is 27.9 Å². The minimum atomic E-state index is 1.16. The maximum absolute atomic E-state index is 4.23. The molecule has 0 bridgehead atoms. The van der Waals surface area contributed by atoms with E-state index in [9.17, 15) is 0 Å². The Balaban J connectivity index is 2.29. The predicted octanol–water partition coefficient (Wildman–Crippen LogP) is 2.06. The summed E-state index contributed by atoms with van der Waals surface area (Å²) in [7, 11) is 0. The third-order valence-electron chi connectivity index (χ3n) is 1.75. The van der Waals surface area contributed by atoms with Crippen LogP contribution in [-0.2, 0) is 0 Å². The van der Waals surface area contributed by atoms with Gasteiger partial charge in [-0.05, 0) is 25.0 Å². The van der Waals surface area contributed by atoms with E-state index in [1.54, 1.807) is 0 Å². The van der Waals surface area contributed by atoms with E-state index in [2.05, 4.69) is 18.0 Å². The molecule has 0 spiro atoms. The SMILES string of the molecule is CC1=CC=NC2=C(C1)C2. The van der Waals surface area contributed by atoms with Crippen molar-refractivity contribution in [1.29, 1.82) is 0 Å². The van der Waals surface area contributed by atoms with Crippen molar-refractivity contribution in [1.82, 2.24) is 0 Å². The fourth-order valence-electron chi connectivity index (χ4n) is 1.11. The Labute approximate surface area is 54.8 Å². The third kappa shape index (κ3) is 0.826. The molecule has 9 heavy (non-hydrogen) atoms. The van der Waals surface area contributed by atoms with E-state index in [0.29, 0.717) is 0 Å². The van der Waals surface area contributed by atoms with Crippen LogP contribution in [-0.4, -0.2) is 6.21 Å². The van der Waals surface area contributed by atoms with E-state index in [1.165, 1.54) is 23.3 Å². The molecule has 0 fully saturated rings. The van der Waals surface area contributed by atoms with Gasteiger partial charge in [0, 0.05) is 18.3 Å². The fourth-order valence-corrected chi connectivity index (χ4v) is 1.11. The van der Waals surface area contributed by atoms with Gasteiger partial charge in [-0.15, -0.1) is 0 Å². The molecule has 1 heteroatoms. The molecule has 0 atom stereocenters. The Hall–Kier alpha value is -0.850. The van der Waals surface area contributed by atoms with Gasteiger partial charge in [0.25, 0.3) is 0 Å². The maximum Gasteiger partial charge on any atom is 0.0444 e. The second-order valence-corrected chi connectivity index (χ2v) is 2.69. The Morgan fingerprint density at radius 1 is 1.44 bits per heavy atom. The fraction of sp³-hybridized carbons (Fsp3) is 0.375. The Bertz CT molecular complexity index is 231. The molecule has 1 nitrogen and oxygen atoms in total. The van der Waals surface area contributed by atoms with Gasteiger partial charge in [-0.25, -0.2) is 0 Å². The minimum absolute atomic E-state index is 1.16. The van der Waals surface area contributed by atoms with Crippen molar-refractivity contribution in [3.8, 4) is 0 Å². The van der Waals surface area contributed by atoms with Gasteiger partial charge >= 0.3 is 0 Å². The zero-order valence-corrected chi connectivity index (χ0v) is 5.52. The molecule has 1 heterocycles. The lowest BCUT2D eigenvalue weighted by molar-refractivity contribution is 1.15. The first-order valence-corrected chi connectivity index (χ1v) is 3.27. The summed E-state index contributed by atoms with van der Waals surface area (Å²) in [6.07, 6.45) is 6.33. The first-order chi connectivity index (χ1) is 4.36. The molecule has 1 aliphatic carbocycles. The van der Waals surface area contributed by atoms with Crippen LogP contribution in [0.2, 0.25) is 0 Å². The van der Waals surface area contributed by atoms with Crippen LogP contribution in [0.3, 0.4) is 0 Å². The Kier molecular flexibility index (Phi) is 0.865. The normalized spacial score (nSPS) is 23.0. The van der Waals surface area contributed by atoms with Gasteiger partial charge in [0.05, 0.1) is 0 Å². The van der Waals surface area contributed by atoms with Crippen LogP contribution < -0.4 is 0 Å². The van der Waals surface area contributed by atoms with Gasteiger partial charge in [0.15, 0.2) is 0 Å². The highest BCUT2D eigenvalue weighted by Gasteiger charge is 2.21. The van der Waals surface area contributed by atoms with Gasteiger partial charge < -0.3 is 0 Å². The number of aliphatic imine (C=N–C) groups is 1. The molecular formula is C8H9N. The van der Waals surface area contributed by atoms with Crippen molar-refractivity contribution < 1.29 is 0 Å². The molecule has 0 amide bonds. The Morgan fingerprint density at radius 2 is 2.33 bits per heavy atom. The van der Waals surface area contributed by atoms with Crippen LogP contribution >= 0.6 is 0 Å². The molecule has 1 aliphatic heterocycles. The molecule has 0 N–H and O–H groups in total. The summed E-state index contributed by atoms with van der Waals surface area (Å²) in [6, 6.07) is 0. The largest absolute Gasteiger partial charge is 0.261 e. The van der Waals surface area contributed by atoms with Crippen molar-refractivity contribution in [3.05, 3.63) is 22.9 Å². The molecule has 0 aromatic heterocycles. The van der Waals surface area contributed by atoms with Crippen LogP contribution in [0.1, 0.15) is 19.8 Å². The van der Waals surface area contributed by atoms with Crippen LogP contribution in [0, 0.1) is 0 Å². The van der Waals surface area contributed by atoms with Crippen LogP contribution in [0.4, 0.5) is 0 Å². The third-order valence-corrected chi connectivity index (χ3v) is 1.75. The van der Waals surface area contributed by atoms with Crippen LogP contribution in [0.5, 0.6) is 0 Å². The smallest absolute Gasteiger partial charge is 0.0444 e. The molecule has 0 aromatic carbocycles. The topological polar surface area (TPSA) is 12.4 Å². The number of hydrogen-bond donors (Lipinski definition) is 0. The standard InChI is InChI=1S/C8H9N/c1-6-2-3-9-8-5-7(8)4-6/h2-3H,4-5H2,1H3.